The van der Waals surface area contributed by atoms with Gasteiger partial charge in [-0.25, -0.2) is 8.42 Å². The second-order valence-electron chi connectivity index (χ2n) is 6.32. The molecule has 2 N–H and O–H groups in total. The number of methoxy groups -OCH3 is 1. The number of amides is 1. The molecule has 0 fully saturated rings. The van der Waals surface area contributed by atoms with E-state index in [4.69, 9.17) is 4.74 Å². The molecule has 27 heavy (non-hydrogen) atoms. The van der Waals surface area contributed by atoms with Gasteiger partial charge in [0, 0.05) is 17.3 Å². The second-order valence-corrected chi connectivity index (χ2v) is 7.97. The molecule has 0 unspecified atom stereocenters. The molecule has 2 aromatic rings. The monoisotopic (exact) mass is 390 g/mol. The fourth-order valence-electron chi connectivity index (χ4n) is 2.62. The Bertz CT molecular complexity index is 889. The highest BCUT2D eigenvalue weighted by atomic mass is 32.2. The zero-order valence-corrected chi connectivity index (χ0v) is 16.9. The van der Waals surface area contributed by atoms with Gasteiger partial charge in [0.25, 0.3) is 15.9 Å². The van der Waals surface area contributed by atoms with E-state index in [1.807, 2.05) is 32.9 Å². The van der Waals surface area contributed by atoms with Gasteiger partial charge in [-0.1, -0.05) is 31.5 Å². The Morgan fingerprint density at radius 3 is 2.26 bits per heavy atom. The molecular formula is C20H26N2O4S. The van der Waals surface area contributed by atoms with Crippen molar-refractivity contribution in [3.63, 3.8) is 0 Å². The molecule has 0 bridgehead atoms. The van der Waals surface area contributed by atoms with E-state index >= 15 is 0 Å². The minimum absolute atomic E-state index is 0.0466. The lowest BCUT2D eigenvalue weighted by atomic mass is 10.1. The van der Waals surface area contributed by atoms with Crippen molar-refractivity contribution in [3.05, 3.63) is 53.6 Å². The zero-order chi connectivity index (χ0) is 20.0. The van der Waals surface area contributed by atoms with Crippen LogP contribution in [0, 0.1) is 6.92 Å². The Morgan fingerprint density at radius 2 is 1.70 bits per heavy atom. The summed E-state index contributed by atoms with van der Waals surface area (Å²) in [7, 11) is -2.53. The molecule has 0 aliphatic carbocycles. The lowest BCUT2D eigenvalue weighted by Crippen LogP contribution is -2.33. The number of carbonyl (C=O) groups is 1. The summed E-state index contributed by atoms with van der Waals surface area (Å²) in [5.41, 5.74) is 1.73. The van der Waals surface area contributed by atoms with Gasteiger partial charge in [0.1, 0.15) is 10.6 Å². The van der Waals surface area contributed by atoms with Gasteiger partial charge in [0.2, 0.25) is 0 Å². The number of nitrogens with one attached hydrogen (secondary N) is 2. The standard InChI is InChI=1S/C20H26N2O4S/c1-5-16(6-2)21-20(23)15-9-12-18(26-4)19(13-15)27(24,25)22-17-10-7-14(3)8-11-17/h7-13,16,22H,5-6H2,1-4H3,(H,21,23). The number of carbonyl (C=O) groups excluding carboxylic acids is 1. The zero-order valence-electron chi connectivity index (χ0n) is 16.1. The molecule has 146 valence electrons. The number of aryl methyl sites for hydroxylation is 1. The average molecular weight is 391 g/mol. The summed E-state index contributed by atoms with van der Waals surface area (Å²) in [6.07, 6.45) is 1.61. The third-order valence-corrected chi connectivity index (χ3v) is 5.74. The quantitative estimate of drug-likeness (QED) is 0.719. The van der Waals surface area contributed by atoms with Gasteiger partial charge in [0.05, 0.1) is 7.11 Å². The highest BCUT2D eigenvalue weighted by Gasteiger charge is 2.22. The SMILES string of the molecule is CCC(CC)NC(=O)c1ccc(OC)c(S(=O)(=O)Nc2ccc(C)cc2)c1. The molecule has 0 aliphatic heterocycles. The summed E-state index contributed by atoms with van der Waals surface area (Å²) < 4.78 is 33.4. The van der Waals surface area contributed by atoms with Crippen molar-refractivity contribution in [2.75, 3.05) is 11.8 Å². The molecule has 0 saturated carbocycles. The predicted octanol–water partition coefficient (Wildman–Crippen LogP) is 3.72. The summed E-state index contributed by atoms with van der Waals surface area (Å²) in [6.45, 7) is 5.90. The maximum Gasteiger partial charge on any atom is 0.265 e. The van der Waals surface area contributed by atoms with E-state index in [0.717, 1.165) is 18.4 Å². The molecular weight excluding hydrogens is 364 g/mol. The van der Waals surface area contributed by atoms with E-state index in [0.29, 0.717) is 5.69 Å². The van der Waals surface area contributed by atoms with Crippen molar-refractivity contribution >= 4 is 21.6 Å². The third-order valence-electron chi connectivity index (χ3n) is 4.34. The first-order valence-corrected chi connectivity index (χ1v) is 10.4. The molecule has 0 aliphatic rings. The number of benzene rings is 2. The van der Waals surface area contributed by atoms with Crippen LogP contribution in [0.3, 0.4) is 0 Å². The Labute approximate surface area is 161 Å². The number of hydrogen-bond donors (Lipinski definition) is 2. The molecule has 0 saturated heterocycles. The molecule has 0 aromatic heterocycles. The van der Waals surface area contributed by atoms with Crippen LogP contribution in [-0.4, -0.2) is 27.5 Å². The molecule has 0 spiro atoms. The van der Waals surface area contributed by atoms with Crippen molar-refractivity contribution in [3.8, 4) is 5.75 Å². The van der Waals surface area contributed by atoms with E-state index in [-0.39, 0.29) is 28.2 Å². The highest BCUT2D eigenvalue weighted by molar-refractivity contribution is 7.92. The van der Waals surface area contributed by atoms with Crippen LogP contribution in [-0.2, 0) is 10.0 Å². The van der Waals surface area contributed by atoms with E-state index in [2.05, 4.69) is 10.0 Å². The van der Waals surface area contributed by atoms with Crippen LogP contribution in [0.15, 0.2) is 47.4 Å². The smallest absolute Gasteiger partial charge is 0.265 e. The van der Waals surface area contributed by atoms with Crippen LogP contribution in [0.1, 0.15) is 42.6 Å². The van der Waals surface area contributed by atoms with Crippen molar-refractivity contribution in [1.29, 1.82) is 0 Å². The van der Waals surface area contributed by atoms with Crippen molar-refractivity contribution in [2.45, 2.75) is 44.6 Å². The van der Waals surface area contributed by atoms with Gasteiger partial charge >= 0.3 is 0 Å². The largest absolute Gasteiger partial charge is 0.495 e. The molecule has 7 heteroatoms. The van der Waals surface area contributed by atoms with Gasteiger partial charge in [-0.2, -0.15) is 0 Å². The number of sulfonamides is 1. The Balaban J connectivity index is 2.36. The van der Waals surface area contributed by atoms with Crippen molar-refractivity contribution in [2.24, 2.45) is 0 Å². The summed E-state index contributed by atoms with van der Waals surface area (Å²) in [4.78, 5) is 12.4. The minimum Gasteiger partial charge on any atom is -0.495 e. The van der Waals surface area contributed by atoms with Gasteiger partial charge in [-0.15, -0.1) is 0 Å². The molecule has 0 heterocycles. The topological polar surface area (TPSA) is 84.5 Å². The van der Waals surface area contributed by atoms with Crippen LogP contribution in [0.25, 0.3) is 0 Å². The van der Waals surface area contributed by atoms with Crippen LogP contribution in [0.4, 0.5) is 5.69 Å². The van der Waals surface area contributed by atoms with Crippen LogP contribution in [0.2, 0.25) is 0 Å². The Morgan fingerprint density at radius 1 is 1.07 bits per heavy atom. The predicted molar refractivity (Wildman–Crippen MR) is 107 cm³/mol. The third kappa shape index (κ3) is 5.23. The normalized spacial score (nSPS) is 11.3. The van der Waals surface area contributed by atoms with Crippen LogP contribution in [0.5, 0.6) is 5.75 Å². The highest BCUT2D eigenvalue weighted by Crippen LogP contribution is 2.27. The minimum atomic E-state index is -3.92. The first kappa shape index (κ1) is 20.8. The molecule has 2 aromatic carbocycles. The van der Waals surface area contributed by atoms with E-state index in [1.165, 1.54) is 19.2 Å². The van der Waals surface area contributed by atoms with Gasteiger partial charge in [-0.05, 0) is 50.1 Å². The van der Waals surface area contributed by atoms with E-state index in [1.54, 1.807) is 18.2 Å². The first-order valence-electron chi connectivity index (χ1n) is 8.89. The van der Waals surface area contributed by atoms with E-state index in [9.17, 15) is 13.2 Å². The lowest BCUT2D eigenvalue weighted by molar-refractivity contribution is 0.0934. The fourth-order valence-corrected chi connectivity index (χ4v) is 3.88. The van der Waals surface area contributed by atoms with E-state index < -0.39 is 10.0 Å². The average Bonchev–Trinajstić information content (AvgIpc) is 2.67. The summed E-state index contributed by atoms with van der Waals surface area (Å²) in [5, 5.41) is 2.91. The number of anilines is 1. The first-order chi connectivity index (χ1) is 12.8. The molecule has 1 amide bonds. The molecule has 0 radical (unpaired) electrons. The Hall–Kier alpha value is -2.54. The van der Waals surface area contributed by atoms with Crippen molar-refractivity contribution in [1.82, 2.24) is 5.32 Å². The lowest BCUT2D eigenvalue weighted by Gasteiger charge is -2.16. The number of rotatable bonds is 8. The summed E-state index contributed by atoms with van der Waals surface area (Å²) in [5.74, 6) is -0.133. The maximum absolute atomic E-state index is 12.9. The number of ether oxygens (including phenoxy) is 1. The molecule has 6 nitrogen and oxygen atoms in total. The van der Waals surface area contributed by atoms with Crippen molar-refractivity contribution < 1.29 is 17.9 Å². The number of hydrogen-bond acceptors (Lipinski definition) is 4. The van der Waals surface area contributed by atoms with Crippen LogP contribution < -0.4 is 14.8 Å². The summed E-state index contributed by atoms with van der Waals surface area (Å²) >= 11 is 0. The van der Waals surface area contributed by atoms with Gasteiger partial charge in [-0.3, -0.25) is 9.52 Å². The Kier molecular flexibility index (Phi) is 6.85. The van der Waals surface area contributed by atoms with Gasteiger partial charge in [0.15, 0.2) is 0 Å². The molecule has 0 atom stereocenters. The second kappa shape index (κ2) is 8.90. The fraction of sp³-hybridized carbons (Fsp3) is 0.350. The maximum atomic E-state index is 12.9. The summed E-state index contributed by atoms with van der Waals surface area (Å²) in [6, 6.07) is 11.4. The van der Waals surface area contributed by atoms with Gasteiger partial charge < -0.3 is 10.1 Å². The van der Waals surface area contributed by atoms with Crippen LogP contribution >= 0.6 is 0 Å². The molecule has 2 rings (SSSR count).